The zero-order chi connectivity index (χ0) is 22.4. The Labute approximate surface area is 186 Å². The molecule has 5 rings (SSSR count). The summed E-state index contributed by atoms with van der Waals surface area (Å²) in [6.45, 7) is 10.7. The van der Waals surface area contributed by atoms with Crippen LogP contribution in [0.5, 0.6) is 0 Å². The van der Waals surface area contributed by atoms with E-state index in [0.29, 0.717) is 17.7 Å². The maximum atomic E-state index is 14.1. The largest absolute Gasteiger partial charge is 0.356 e. The number of aryl methyl sites for hydroxylation is 1. The highest BCUT2D eigenvalue weighted by atomic mass is 32.2. The quantitative estimate of drug-likeness (QED) is 0.677. The van der Waals surface area contributed by atoms with Crippen molar-refractivity contribution in [3.8, 4) is 0 Å². The van der Waals surface area contributed by atoms with Gasteiger partial charge in [-0.15, -0.1) is 0 Å². The highest BCUT2D eigenvalue weighted by Crippen LogP contribution is 2.70. The predicted molar refractivity (Wildman–Crippen MR) is 119 cm³/mol. The smallest absolute Gasteiger partial charge is 0.245 e. The van der Waals surface area contributed by atoms with Crippen LogP contribution in [0.4, 0.5) is 0 Å². The van der Waals surface area contributed by atoms with E-state index >= 15 is 0 Å². The number of benzene rings is 1. The minimum absolute atomic E-state index is 0.00811. The van der Waals surface area contributed by atoms with Crippen LogP contribution in [-0.4, -0.2) is 36.9 Å². The summed E-state index contributed by atoms with van der Waals surface area (Å²) < 4.78 is 36.6. The molecule has 0 amide bonds. The van der Waals surface area contributed by atoms with Gasteiger partial charge in [-0.05, 0) is 63.0 Å². The number of carbonyl (C=O) groups is 1. The van der Waals surface area contributed by atoms with Crippen molar-refractivity contribution in [2.45, 2.75) is 96.4 Å². The van der Waals surface area contributed by atoms with Crippen molar-refractivity contribution < 1.29 is 17.9 Å². The van der Waals surface area contributed by atoms with Gasteiger partial charge in [0.1, 0.15) is 12.0 Å². The first-order valence-electron chi connectivity index (χ1n) is 11.7. The molecule has 1 aromatic rings. The standard InChI is InChI=1S/C25H35NO4S/c1-16-9-11-17(12-10-16)31(28,29)26-20-18-13-15-25(5,23(18,2)3)21(20)30-22(26)24(4)14-7-6-8-19(24)27/h9-12,18,20-22H,6-8,13-15H2,1-5H3/t18-,20+,21+,22-,24-,25+/m1/s1. The minimum Gasteiger partial charge on any atom is -0.356 e. The van der Waals surface area contributed by atoms with E-state index in [4.69, 9.17) is 4.74 Å². The summed E-state index contributed by atoms with van der Waals surface area (Å²) >= 11 is 0. The summed E-state index contributed by atoms with van der Waals surface area (Å²) in [5, 5.41) is 0. The lowest BCUT2D eigenvalue weighted by Gasteiger charge is -2.43. The number of ketones is 1. The topological polar surface area (TPSA) is 63.7 Å². The number of sulfonamides is 1. The first-order chi connectivity index (χ1) is 14.4. The fourth-order valence-corrected chi connectivity index (χ4v) is 9.00. The molecule has 4 fully saturated rings. The van der Waals surface area contributed by atoms with Crippen molar-refractivity contribution in [2.24, 2.45) is 22.2 Å². The zero-order valence-corrected chi connectivity index (χ0v) is 20.2. The van der Waals surface area contributed by atoms with Gasteiger partial charge in [0.15, 0.2) is 0 Å². The lowest BCUT2D eigenvalue weighted by atomic mass is 9.69. The van der Waals surface area contributed by atoms with Crippen LogP contribution in [0, 0.1) is 29.1 Å². The van der Waals surface area contributed by atoms with Gasteiger partial charge >= 0.3 is 0 Å². The number of fused-ring (bicyclic) bond motifs is 5. The average molecular weight is 446 g/mol. The first-order valence-corrected chi connectivity index (χ1v) is 13.2. The van der Waals surface area contributed by atoms with Crippen LogP contribution in [0.2, 0.25) is 0 Å². The number of hydrogen-bond donors (Lipinski definition) is 0. The Morgan fingerprint density at radius 1 is 1.03 bits per heavy atom. The van der Waals surface area contributed by atoms with Crippen molar-refractivity contribution >= 4 is 15.8 Å². The fourth-order valence-electron chi connectivity index (χ4n) is 7.17. The molecule has 0 spiro atoms. The summed E-state index contributed by atoms with van der Waals surface area (Å²) in [6, 6.07) is 6.86. The summed E-state index contributed by atoms with van der Waals surface area (Å²) in [5.41, 5.74) is 0.132. The Morgan fingerprint density at radius 3 is 2.35 bits per heavy atom. The highest BCUT2D eigenvalue weighted by Gasteiger charge is 2.74. The lowest BCUT2D eigenvalue weighted by molar-refractivity contribution is -0.152. The molecule has 1 saturated heterocycles. The molecule has 2 bridgehead atoms. The van der Waals surface area contributed by atoms with Crippen LogP contribution >= 0.6 is 0 Å². The Balaban J connectivity index is 1.66. The van der Waals surface area contributed by atoms with Crippen LogP contribution < -0.4 is 0 Å². The molecule has 0 N–H and O–H groups in total. The van der Waals surface area contributed by atoms with Crippen LogP contribution in [0.3, 0.4) is 0 Å². The van der Waals surface area contributed by atoms with Crippen LogP contribution in [0.1, 0.15) is 71.8 Å². The minimum atomic E-state index is -3.81. The van der Waals surface area contributed by atoms with Gasteiger partial charge in [-0.3, -0.25) is 4.79 Å². The van der Waals surface area contributed by atoms with E-state index in [1.54, 1.807) is 16.4 Å². The van der Waals surface area contributed by atoms with Gasteiger partial charge in [0.2, 0.25) is 10.0 Å². The van der Waals surface area contributed by atoms with Gasteiger partial charge in [-0.25, -0.2) is 8.42 Å². The van der Waals surface area contributed by atoms with E-state index in [9.17, 15) is 13.2 Å². The van der Waals surface area contributed by atoms with Crippen LogP contribution in [0.25, 0.3) is 0 Å². The van der Waals surface area contributed by atoms with Crippen LogP contribution in [-0.2, 0) is 19.6 Å². The summed E-state index contributed by atoms with van der Waals surface area (Å²) in [7, 11) is -3.81. The fraction of sp³-hybridized carbons (Fsp3) is 0.720. The molecular weight excluding hydrogens is 410 g/mol. The van der Waals surface area contributed by atoms with Crippen molar-refractivity contribution in [3.05, 3.63) is 29.8 Å². The molecular formula is C25H35NO4S. The number of Topliss-reactive ketones (excluding diaryl/α,β-unsaturated/α-hetero) is 1. The normalized spacial score (nSPS) is 42.2. The number of nitrogens with zero attached hydrogens (tertiary/aromatic N) is 1. The Hall–Kier alpha value is -1.24. The third-order valence-electron chi connectivity index (χ3n) is 9.65. The number of ether oxygens (including phenoxy) is 1. The molecule has 0 aromatic heterocycles. The second-order valence-corrected chi connectivity index (χ2v) is 13.2. The first kappa shape index (κ1) is 21.6. The van der Waals surface area contributed by atoms with Crippen molar-refractivity contribution in [1.29, 1.82) is 0 Å². The molecule has 5 nitrogen and oxygen atoms in total. The summed E-state index contributed by atoms with van der Waals surface area (Å²) in [5.74, 6) is 0.375. The molecule has 6 atom stereocenters. The molecule has 3 aliphatic carbocycles. The third kappa shape index (κ3) is 2.67. The summed E-state index contributed by atoms with van der Waals surface area (Å²) in [6.07, 6.45) is 4.16. The molecule has 31 heavy (non-hydrogen) atoms. The maximum absolute atomic E-state index is 14.1. The molecule has 1 aliphatic heterocycles. The maximum Gasteiger partial charge on any atom is 0.245 e. The van der Waals surface area contributed by atoms with Gasteiger partial charge in [0.05, 0.1) is 22.5 Å². The molecule has 6 heteroatoms. The van der Waals surface area contributed by atoms with Gasteiger partial charge < -0.3 is 4.74 Å². The van der Waals surface area contributed by atoms with E-state index in [2.05, 4.69) is 20.8 Å². The monoisotopic (exact) mass is 445 g/mol. The molecule has 4 aliphatic rings. The van der Waals surface area contributed by atoms with E-state index in [1.807, 2.05) is 26.0 Å². The highest BCUT2D eigenvalue weighted by molar-refractivity contribution is 7.89. The van der Waals surface area contributed by atoms with Crippen molar-refractivity contribution in [2.75, 3.05) is 0 Å². The van der Waals surface area contributed by atoms with Crippen molar-refractivity contribution in [1.82, 2.24) is 4.31 Å². The molecule has 0 unspecified atom stereocenters. The number of hydrogen-bond acceptors (Lipinski definition) is 4. The van der Waals surface area contributed by atoms with Crippen molar-refractivity contribution in [3.63, 3.8) is 0 Å². The van der Waals surface area contributed by atoms with E-state index in [1.165, 1.54) is 0 Å². The average Bonchev–Trinajstić information content (AvgIpc) is 3.27. The van der Waals surface area contributed by atoms with E-state index in [0.717, 1.165) is 31.2 Å². The van der Waals surface area contributed by atoms with Gasteiger partial charge in [-0.1, -0.05) is 44.9 Å². The van der Waals surface area contributed by atoms with Gasteiger partial charge in [0, 0.05) is 11.8 Å². The molecule has 1 heterocycles. The number of carbonyl (C=O) groups excluding carboxylic acids is 1. The lowest BCUT2D eigenvalue weighted by Crippen LogP contribution is -2.54. The Bertz CT molecular complexity index is 1020. The van der Waals surface area contributed by atoms with E-state index < -0.39 is 21.7 Å². The molecule has 0 radical (unpaired) electrons. The Kier molecular flexibility index (Phi) is 4.63. The SMILES string of the molecule is Cc1ccc(S(=O)(=O)N2[C@H]3[C@H]4CC[C@@](C)([C@H]3O[C@@H]2[C@]2(C)CCCCC2=O)C4(C)C)cc1. The van der Waals surface area contributed by atoms with E-state index in [-0.39, 0.29) is 34.7 Å². The van der Waals surface area contributed by atoms with Crippen LogP contribution in [0.15, 0.2) is 29.2 Å². The summed E-state index contributed by atoms with van der Waals surface area (Å²) in [4.78, 5) is 13.5. The predicted octanol–water partition coefficient (Wildman–Crippen LogP) is 4.68. The second-order valence-electron chi connectivity index (χ2n) is 11.4. The van der Waals surface area contributed by atoms with Gasteiger partial charge in [-0.2, -0.15) is 4.31 Å². The number of rotatable bonds is 3. The third-order valence-corrected chi connectivity index (χ3v) is 11.5. The molecule has 1 aromatic carbocycles. The zero-order valence-electron chi connectivity index (χ0n) is 19.3. The second kappa shape index (κ2) is 6.64. The Morgan fingerprint density at radius 2 is 1.71 bits per heavy atom. The molecule has 3 saturated carbocycles. The molecule has 170 valence electrons. The van der Waals surface area contributed by atoms with Gasteiger partial charge in [0.25, 0.3) is 0 Å².